The summed E-state index contributed by atoms with van der Waals surface area (Å²) in [5.41, 5.74) is 0. The van der Waals surface area contributed by atoms with Crippen LogP contribution >= 0.6 is 11.5 Å². The maximum Gasteiger partial charge on any atom is 0.326 e. The molecule has 1 unspecified atom stereocenters. The highest BCUT2D eigenvalue weighted by Gasteiger charge is 2.19. The van der Waals surface area contributed by atoms with E-state index in [1.165, 1.54) is 7.11 Å². The zero-order valence-electron chi connectivity index (χ0n) is 10.7. The number of carbonyl (C=O) groups excluding carboxylic acids is 1. The van der Waals surface area contributed by atoms with Gasteiger partial charge in [-0.25, -0.2) is 14.6 Å². The van der Waals surface area contributed by atoms with Crippen molar-refractivity contribution >= 4 is 28.7 Å². The van der Waals surface area contributed by atoms with Gasteiger partial charge in [0.25, 0.3) is 0 Å². The summed E-state index contributed by atoms with van der Waals surface area (Å²) >= 11 is 1.03. The zero-order chi connectivity index (χ0) is 14.3. The van der Waals surface area contributed by atoms with Gasteiger partial charge >= 0.3 is 12.0 Å². The fourth-order valence-electron chi connectivity index (χ4n) is 1.33. The van der Waals surface area contributed by atoms with Crippen molar-refractivity contribution in [3.05, 3.63) is 5.82 Å². The Morgan fingerprint density at radius 2 is 2.26 bits per heavy atom. The number of aliphatic carboxylic acids is 1. The fraction of sp³-hybridized carbons (Fsp3) is 0.600. The van der Waals surface area contributed by atoms with E-state index in [0.717, 1.165) is 11.5 Å². The number of anilines is 1. The lowest BCUT2D eigenvalue weighted by Gasteiger charge is -2.13. The lowest BCUT2D eigenvalue weighted by molar-refractivity contribution is -0.139. The molecule has 0 spiro atoms. The van der Waals surface area contributed by atoms with E-state index in [2.05, 4.69) is 20.0 Å². The Morgan fingerprint density at radius 1 is 1.53 bits per heavy atom. The third-order valence-electron chi connectivity index (χ3n) is 2.19. The molecule has 0 radical (unpaired) electrons. The summed E-state index contributed by atoms with van der Waals surface area (Å²) in [6, 6.07) is -1.56. The number of hydrogen-bond acceptors (Lipinski definition) is 6. The van der Waals surface area contributed by atoms with Crippen LogP contribution in [0.2, 0.25) is 0 Å². The first-order chi connectivity index (χ1) is 9.02. The molecule has 1 atom stereocenters. The number of rotatable bonds is 7. The van der Waals surface area contributed by atoms with Crippen LogP contribution in [0.1, 0.15) is 18.7 Å². The summed E-state index contributed by atoms with van der Waals surface area (Å²) in [5.74, 6) is -0.533. The molecule has 9 heteroatoms. The largest absolute Gasteiger partial charge is 0.480 e. The SMILES string of the molecule is COCCCC(NC(=O)Nc1nc(C)ns1)C(=O)O. The third kappa shape index (κ3) is 5.62. The monoisotopic (exact) mass is 288 g/mol. The van der Waals surface area contributed by atoms with Crippen molar-refractivity contribution in [3.8, 4) is 0 Å². The number of ether oxygens (including phenoxy) is 1. The Bertz CT molecular complexity index is 437. The van der Waals surface area contributed by atoms with Crippen molar-refractivity contribution in [2.75, 3.05) is 19.0 Å². The standard InChI is InChI=1S/C10H16N4O4S/c1-6-11-10(19-14-6)13-9(17)12-7(8(15)16)4-3-5-18-2/h7H,3-5H2,1-2H3,(H,15,16)(H2,11,12,13,14,17). The molecule has 0 fully saturated rings. The van der Waals surface area contributed by atoms with Crippen molar-refractivity contribution in [2.24, 2.45) is 0 Å². The van der Waals surface area contributed by atoms with Gasteiger partial charge in [-0.05, 0) is 19.8 Å². The maximum atomic E-state index is 11.6. The van der Waals surface area contributed by atoms with Gasteiger partial charge in [0, 0.05) is 25.2 Å². The van der Waals surface area contributed by atoms with Crippen LogP contribution in [0.15, 0.2) is 0 Å². The second-order valence-electron chi connectivity index (χ2n) is 3.77. The molecule has 1 heterocycles. The van der Waals surface area contributed by atoms with Crippen molar-refractivity contribution in [3.63, 3.8) is 0 Å². The van der Waals surface area contributed by atoms with E-state index in [4.69, 9.17) is 9.84 Å². The molecular formula is C10H16N4O4S. The highest BCUT2D eigenvalue weighted by molar-refractivity contribution is 7.09. The number of methoxy groups -OCH3 is 1. The number of nitrogens with zero attached hydrogens (tertiary/aromatic N) is 2. The highest BCUT2D eigenvalue weighted by Crippen LogP contribution is 2.09. The Kier molecular flexibility index (Phi) is 6.16. The first kappa shape index (κ1) is 15.3. The number of nitrogens with one attached hydrogen (secondary N) is 2. The van der Waals surface area contributed by atoms with Gasteiger partial charge in [0.15, 0.2) is 0 Å². The van der Waals surface area contributed by atoms with Gasteiger partial charge in [-0.2, -0.15) is 4.37 Å². The van der Waals surface area contributed by atoms with Gasteiger partial charge in [0.1, 0.15) is 11.9 Å². The molecule has 0 aromatic carbocycles. The van der Waals surface area contributed by atoms with E-state index in [9.17, 15) is 9.59 Å². The molecule has 106 valence electrons. The van der Waals surface area contributed by atoms with Gasteiger partial charge in [0.05, 0.1) is 0 Å². The van der Waals surface area contributed by atoms with Crippen LogP contribution in [0.3, 0.4) is 0 Å². The van der Waals surface area contributed by atoms with Gasteiger partial charge in [-0.1, -0.05) is 0 Å². The predicted octanol–water partition coefficient (Wildman–Crippen LogP) is 0.848. The Balaban J connectivity index is 2.44. The van der Waals surface area contributed by atoms with E-state index in [1.807, 2.05) is 0 Å². The molecule has 0 bridgehead atoms. The van der Waals surface area contributed by atoms with Gasteiger partial charge in [-0.3, -0.25) is 5.32 Å². The molecule has 1 aromatic heterocycles. The number of aromatic nitrogens is 2. The second kappa shape index (κ2) is 7.64. The molecule has 0 aliphatic heterocycles. The molecule has 0 saturated carbocycles. The Morgan fingerprint density at radius 3 is 2.79 bits per heavy atom. The Hall–Kier alpha value is -1.74. The molecule has 19 heavy (non-hydrogen) atoms. The molecule has 0 saturated heterocycles. The summed E-state index contributed by atoms with van der Waals surface area (Å²) < 4.78 is 8.74. The van der Waals surface area contributed by atoms with Gasteiger partial charge in [0.2, 0.25) is 5.13 Å². The van der Waals surface area contributed by atoms with Crippen LogP contribution in [0.4, 0.5) is 9.93 Å². The van der Waals surface area contributed by atoms with E-state index >= 15 is 0 Å². The smallest absolute Gasteiger partial charge is 0.326 e. The van der Waals surface area contributed by atoms with Crippen molar-refractivity contribution in [2.45, 2.75) is 25.8 Å². The summed E-state index contributed by atoms with van der Waals surface area (Å²) in [4.78, 5) is 26.5. The fourth-order valence-corrected chi connectivity index (χ4v) is 1.90. The number of carbonyl (C=O) groups is 2. The van der Waals surface area contributed by atoms with Crippen molar-refractivity contribution in [1.29, 1.82) is 0 Å². The van der Waals surface area contributed by atoms with Gasteiger partial charge < -0.3 is 15.2 Å². The van der Waals surface area contributed by atoms with Crippen LogP contribution in [0.25, 0.3) is 0 Å². The molecule has 0 aliphatic carbocycles. The molecule has 1 rings (SSSR count). The summed E-state index contributed by atoms with van der Waals surface area (Å²) in [6.45, 7) is 2.15. The molecule has 1 aromatic rings. The highest BCUT2D eigenvalue weighted by atomic mass is 32.1. The van der Waals surface area contributed by atoms with Crippen molar-refractivity contribution < 1.29 is 19.4 Å². The second-order valence-corrected chi connectivity index (χ2v) is 4.52. The minimum Gasteiger partial charge on any atom is -0.480 e. The number of hydrogen-bond donors (Lipinski definition) is 3. The first-order valence-electron chi connectivity index (χ1n) is 5.62. The Labute approximate surface area is 114 Å². The minimum absolute atomic E-state index is 0.297. The lowest BCUT2D eigenvalue weighted by Crippen LogP contribution is -2.43. The zero-order valence-corrected chi connectivity index (χ0v) is 11.5. The van der Waals surface area contributed by atoms with Crippen LogP contribution in [-0.2, 0) is 9.53 Å². The van der Waals surface area contributed by atoms with Crippen LogP contribution in [0, 0.1) is 6.92 Å². The van der Waals surface area contributed by atoms with E-state index < -0.39 is 18.0 Å². The van der Waals surface area contributed by atoms with Crippen LogP contribution in [0.5, 0.6) is 0 Å². The quantitative estimate of drug-likeness (QED) is 0.641. The van der Waals surface area contributed by atoms with Crippen molar-refractivity contribution in [1.82, 2.24) is 14.7 Å². The molecule has 3 N–H and O–H groups in total. The van der Waals surface area contributed by atoms with Crippen LogP contribution < -0.4 is 10.6 Å². The van der Waals surface area contributed by atoms with E-state index in [-0.39, 0.29) is 0 Å². The maximum absolute atomic E-state index is 11.6. The number of urea groups is 1. The van der Waals surface area contributed by atoms with Crippen LogP contribution in [-0.4, -0.2) is 46.2 Å². The third-order valence-corrected chi connectivity index (χ3v) is 2.91. The molecular weight excluding hydrogens is 272 g/mol. The number of aryl methyl sites for hydroxylation is 1. The summed E-state index contributed by atoms with van der Waals surface area (Å²) in [7, 11) is 1.54. The number of carboxylic acid groups (broad SMARTS) is 1. The van der Waals surface area contributed by atoms with Gasteiger partial charge in [-0.15, -0.1) is 0 Å². The average molecular weight is 288 g/mol. The predicted molar refractivity (Wildman–Crippen MR) is 69.3 cm³/mol. The average Bonchev–Trinajstić information content (AvgIpc) is 2.73. The molecule has 2 amide bonds. The molecule has 0 aliphatic rings. The van der Waals surface area contributed by atoms with E-state index in [1.54, 1.807) is 6.92 Å². The molecule has 8 nitrogen and oxygen atoms in total. The normalized spacial score (nSPS) is 11.9. The topological polar surface area (TPSA) is 113 Å². The number of carboxylic acids is 1. The summed E-state index contributed by atoms with van der Waals surface area (Å²) in [6.07, 6.45) is 0.845. The van der Waals surface area contributed by atoms with E-state index in [0.29, 0.717) is 30.4 Å². The lowest BCUT2D eigenvalue weighted by atomic mass is 10.1. The number of amides is 2. The minimum atomic E-state index is -1.08. The first-order valence-corrected chi connectivity index (χ1v) is 6.40. The summed E-state index contributed by atoms with van der Waals surface area (Å²) in [5, 5.41) is 14.1.